The quantitative estimate of drug-likeness (QED) is 0.822. The van der Waals surface area contributed by atoms with Gasteiger partial charge < -0.3 is 5.73 Å². The minimum absolute atomic E-state index is 0.0209. The molecule has 1 aliphatic heterocycles. The van der Waals surface area contributed by atoms with Crippen molar-refractivity contribution >= 4 is 27.3 Å². The molecule has 0 radical (unpaired) electrons. The van der Waals surface area contributed by atoms with E-state index in [1.165, 1.54) is 16.9 Å². The lowest BCUT2D eigenvalue weighted by Gasteiger charge is -2.22. The highest BCUT2D eigenvalue weighted by molar-refractivity contribution is 7.91. The van der Waals surface area contributed by atoms with Gasteiger partial charge in [-0.05, 0) is 17.9 Å². The number of hydrogen-bond donors (Lipinski definition) is 1. The van der Waals surface area contributed by atoms with E-state index in [9.17, 15) is 17.6 Å². The Kier molecular flexibility index (Phi) is 4.17. The van der Waals surface area contributed by atoms with Gasteiger partial charge in [-0.2, -0.15) is 4.31 Å². The van der Waals surface area contributed by atoms with Gasteiger partial charge in [0.05, 0.1) is 12.7 Å². The molecule has 3 heterocycles. The van der Waals surface area contributed by atoms with Gasteiger partial charge in [0.1, 0.15) is 10.4 Å². The van der Waals surface area contributed by atoms with Gasteiger partial charge in [-0.3, -0.25) is 9.48 Å². The van der Waals surface area contributed by atoms with Crippen LogP contribution in [0.15, 0.2) is 27.9 Å². The number of carbonyl (C=O) groups excluding carboxylic acids is 1. The molecule has 0 aliphatic carbocycles. The second-order valence-electron chi connectivity index (χ2n) is 5.18. The van der Waals surface area contributed by atoms with Crippen LogP contribution < -0.4 is 5.73 Å². The maximum absolute atomic E-state index is 13.8. The summed E-state index contributed by atoms with van der Waals surface area (Å²) in [5, 5.41) is 8.98. The fraction of sp³-hybridized carbons (Fsp3) is 0.417. The number of amides is 1. The van der Waals surface area contributed by atoms with E-state index in [2.05, 4.69) is 10.3 Å². The van der Waals surface area contributed by atoms with Crippen LogP contribution >= 0.6 is 11.3 Å². The maximum Gasteiger partial charge on any atom is 0.270 e. The lowest BCUT2D eigenvalue weighted by molar-refractivity contribution is 0.0995. The van der Waals surface area contributed by atoms with Crippen LogP contribution in [-0.2, 0) is 16.6 Å². The first kappa shape index (κ1) is 16.0. The molecular formula is C12H14FN5O3S2. The molecule has 3 rings (SSSR count). The van der Waals surface area contributed by atoms with E-state index in [-0.39, 0.29) is 29.4 Å². The van der Waals surface area contributed by atoms with Crippen molar-refractivity contribution in [1.82, 2.24) is 19.3 Å². The third kappa shape index (κ3) is 3.12. The lowest BCUT2D eigenvalue weighted by Crippen LogP contribution is -2.38. The summed E-state index contributed by atoms with van der Waals surface area (Å²) in [7, 11) is -3.75. The van der Waals surface area contributed by atoms with Crippen LogP contribution in [0.1, 0.15) is 16.9 Å². The fourth-order valence-corrected chi connectivity index (χ4v) is 5.31. The summed E-state index contributed by atoms with van der Waals surface area (Å²) in [5.74, 6) is -0.728. The largest absolute Gasteiger partial charge is 0.364 e. The molecule has 1 fully saturated rings. The molecule has 23 heavy (non-hydrogen) atoms. The van der Waals surface area contributed by atoms with Gasteiger partial charge in [-0.1, -0.05) is 11.3 Å². The molecule has 0 saturated carbocycles. The Morgan fingerprint density at radius 3 is 2.91 bits per heavy atom. The molecule has 0 aromatic carbocycles. The number of sulfonamides is 1. The average Bonchev–Trinajstić information content (AvgIpc) is 3.19. The number of nitrogens with two attached hydrogens (primary N) is 1. The smallest absolute Gasteiger partial charge is 0.270 e. The molecule has 11 heteroatoms. The first-order valence-corrected chi connectivity index (χ1v) is 9.09. The monoisotopic (exact) mass is 359 g/mol. The van der Waals surface area contributed by atoms with Crippen molar-refractivity contribution in [3.63, 3.8) is 0 Å². The molecule has 0 bridgehead atoms. The zero-order valence-corrected chi connectivity index (χ0v) is 13.5. The van der Waals surface area contributed by atoms with Crippen molar-refractivity contribution in [1.29, 1.82) is 0 Å². The predicted molar refractivity (Wildman–Crippen MR) is 80.1 cm³/mol. The van der Waals surface area contributed by atoms with Gasteiger partial charge in [0.15, 0.2) is 5.69 Å². The number of primary amides is 1. The van der Waals surface area contributed by atoms with Crippen LogP contribution in [0.3, 0.4) is 0 Å². The van der Waals surface area contributed by atoms with E-state index >= 15 is 0 Å². The maximum atomic E-state index is 13.8. The van der Waals surface area contributed by atoms with Crippen molar-refractivity contribution in [2.75, 3.05) is 6.54 Å². The third-order valence-corrected chi connectivity index (χ3v) is 6.85. The summed E-state index contributed by atoms with van der Waals surface area (Å²) in [6, 6.07) is 2.52. The molecule has 1 aliphatic rings. The van der Waals surface area contributed by atoms with Crippen molar-refractivity contribution in [3.05, 3.63) is 29.4 Å². The van der Waals surface area contributed by atoms with Crippen LogP contribution in [0.2, 0.25) is 0 Å². The Hall–Kier alpha value is -1.85. The highest BCUT2D eigenvalue weighted by Gasteiger charge is 2.41. The SMILES string of the molecule is NC(=O)c1cn(CC2CC(F)CN2S(=O)(=O)c2cccs2)nn1. The number of halogens is 1. The standard InChI is InChI=1S/C12H14FN5O3S2/c13-8-4-9(6-17-7-10(12(14)19)15-16-17)18(5-8)23(20,21)11-2-1-3-22-11/h1-3,7-9H,4-6H2,(H2,14,19). The first-order chi connectivity index (χ1) is 10.9. The first-order valence-electron chi connectivity index (χ1n) is 6.77. The highest BCUT2D eigenvalue weighted by Crippen LogP contribution is 2.30. The molecule has 2 unspecified atom stereocenters. The highest BCUT2D eigenvalue weighted by atomic mass is 32.2. The Morgan fingerprint density at radius 1 is 1.52 bits per heavy atom. The van der Waals surface area contributed by atoms with Crippen LogP contribution in [-0.4, -0.2) is 52.4 Å². The van der Waals surface area contributed by atoms with Gasteiger partial charge in [-0.15, -0.1) is 16.4 Å². The van der Waals surface area contributed by atoms with E-state index < -0.39 is 28.1 Å². The lowest BCUT2D eigenvalue weighted by atomic mass is 10.2. The van der Waals surface area contributed by atoms with Crippen molar-refractivity contribution in [2.45, 2.75) is 29.4 Å². The van der Waals surface area contributed by atoms with Gasteiger partial charge in [-0.25, -0.2) is 12.8 Å². The average molecular weight is 359 g/mol. The van der Waals surface area contributed by atoms with Crippen LogP contribution in [0.4, 0.5) is 4.39 Å². The second-order valence-corrected chi connectivity index (χ2v) is 8.25. The van der Waals surface area contributed by atoms with Crippen LogP contribution in [0, 0.1) is 0 Å². The Labute approximate surface area is 135 Å². The van der Waals surface area contributed by atoms with Crippen molar-refractivity contribution < 1.29 is 17.6 Å². The molecule has 2 aromatic heterocycles. The molecule has 2 atom stereocenters. The number of aromatic nitrogens is 3. The van der Waals surface area contributed by atoms with E-state index in [0.717, 1.165) is 15.6 Å². The number of carbonyl (C=O) groups is 1. The number of alkyl halides is 1. The summed E-state index contributed by atoms with van der Waals surface area (Å²) in [5.41, 5.74) is 5.08. The second kappa shape index (κ2) is 5.98. The molecular weight excluding hydrogens is 345 g/mol. The van der Waals surface area contributed by atoms with E-state index in [0.29, 0.717) is 0 Å². The number of hydrogen-bond acceptors (Lipinski definition) is 6. The van der Waals surface area contributed by atoms with Gasteiger partial charge >= 0.3 is 0 Å². The number of nitrogens with zero attached hydrogens (tertiary/aromatic N) is 4. The van der Waals surface area contributed by atoms with Crippen LogP contribution in [0.25, 0.3) is 0 Å². The minimum Gasteiger partial charge on any atom is -0.364 e. The molecule has 2 N–H and O–H groups in total. The van der Waals surface area contributed by atoms with E-state index in [1.54, 1.807) is 11.4 Å². The molecule has 124 valence electrons. The minimum atomic E-state index is -3.75. The van der Waals surface area contributed by atoms with Crippen molar-refractivity contribution in [2.24, 2.45) is 5.73 Å². The van der Waals surface area contributed by atoms with Gasteiger partial charge in [0, 0.05) is 12.6 Å². The molecule has 0 spiro atoms. The molecule has 8 nitrogen and oxygen atoms in total. The molecule has 2 aromatic rings. The number of rotatable bonds is 5. The Morgan fingerprint density at radius 2 is 2.30 bits per heavy atom. The summed E-state index contributed by atoms with van der Waals surface area (Å²) >= 11 is 1.09. The Balaban J connectivity index is 1.83. The molecule has 1 amide bonds. The Bertz CT molecular complexity index is 805. The van der Waals surface area contributed by atoms with Gasteiger partial charge in [0.2, 0.25) is 0 Å². The number of thiophene rings is 1. The summed E-state index contributed by atoms with van der Waals surface area (Å²) in [6.45, 7) is -0.0897. The summed E-state index contributed by atoms with van der Waals surface area (Å²) in [4.78, 5) is 11.0. The van der Waals surface area contributed by atoms with Crippen LogP contribution in [0.5, 0.6) is 0 Å². The van der Waals surface area contributed by atoms with Crippen molar-refractivity contribution in [3.8, 4) is 0 Å². The van der Waals surface area contributed by atoms with E-state index in [4.69, 9.17) is 5.73 Å². The summed E-state index contributed by atoms with van der Waals surface area (Å²) in [6.07, 6.45) is 0.147. The third-order valence-electron chi connectivity index (χ3n) is 3.56. The summed E-state index contributed by atoms with van der Waals surface area (Å²) < 4.78 is 41.6. The zero-order valence-electron chi connectivity index (χ0n) is 11.9. The zero-order chi connectivity index (χ0) is 16.6. The molecule has 1 saturated heterocycles. The predicted octanol–water partition coefficient (Wildman–Crippen LogP) is 0.240. The normalized spacial score (nSPS) is 22.5. The topological polar surface area (TPSA) is 111 Å². The van der Waals surface area contributed by atoms with E-state index in [1.807, 2.05) is 0 Å². The van der Waals surface area contributed by atoms with Gasteiger partial charge in [0.25, 0.3) is 15.9 Å². The fourth-order valence-electron chi connectivity index (χ4n) is 2.53.